The maximum atomic E-state index is 13.5. The van der Waals surface area contributed by atoms with Gasteiger partial charge < -0.3 is 9.47 Å². The smallest absolute Gasteiger partial charge is 0.311 e. The zero-order valence-electron chi connectivity index (χ0n) is 12.7. The van der Waals surface area contributed by atoms with Gasteiger partial charge in [0.25, 0.3) is 0 Å². The monoisotopic (exact) mass is 388 g/mol. The quantitative estimate of drug-likeness (QED) is 0.518. The van der Waals surface area contributed by atoms with Crippen LogP contribution in [0.3, 0.4) is 0 Å². The third kappa shape index (κ3) is 5.41. The molecule has 0 bridgehead atoms. The van der Waals surface area contributed by atoms with Crippen LogP contribution in [0.1, 0.15) is 19.3 Å². The fraction of sp³-hybridized carbons (Fsp3) is 0.176. The lowest BCUT2D eigenvalue weighted by molar-refractivity contribution is -0.136. The van der Waals surface area contributed by atoms with Crippen molar-refractivity contribution in [3.63, 3.8) is 0 Å². The van der Waals surface area contributed by atoms with Gasteiger partial charge in [-0.3, -0.25) is 9.59 Å². The van der Waals surface area contributed by atoms with Crippen LogP contribution in [-0.2, 0) is 9.59 Å². The van der Waals surface area contributed by atoms with E-state index in [1.54, 1.807) is 0 Å². The van der Waals surface area contributed by atoms with Crippen LogP contribution in [0, 0.1) is 11.6 Å². The number of hydrogen-bond acceptors (Lipinski definition) is 4. The summed E-state index contributed by atoms with van der Waals surface area (Å²) in [5.41, 5.74) is 0. The molecular formula is C17H12Cl2F2O4. The van der Waals surface area contributed by atoms with E-state index in [0.717, 1.165) is 12.1 Å². The Balaban J connectivity index is 1.82. The molecule has 0 heterocycles. The Hall–Kier alpha value is -2.18. The molecule has 0 aliphatic heterocycles. The SMILES string of the molecule is O=C(CCCC(=O)Oc1c(F)cccc1Cl)Oc1c(F)cccc1Cl. The number of carbonyl (C=O) groups is 2. The zero-order valence-corrected chi connectivity index (χ0v) is 14.2. The molecule has 132 valence electrons. The fourth-order valence-electron chi connectivity index (χ4n) is 1.87. The highest BCUT2D eigenvalue weighted by molar-refractivity contribution is 6.32. The van der Waals surface area contributed by atoms with Gasteiger partial charge in [-0.05, 0) is 30.7 Å². The minimum atomic E-state index is -0.769. The number of carbonyl (C=O) groups excluding carboxylic acids is 2. The average Bonchev–Trinajstić information content (AvgIpc) is 2.55. The van der Waals surface area contributed by atoms with Crippen LogP contribution in [0.5, 0.6) is 11.5 Å². The summed E-state index contributed by atoms with van der Waals surface area (Å²) in [6.45, 7) is 0. The van der Waals surface area contributed by atoms with Gasteiger partial charge in [0.2, 0.25) is 0 Å². The fourth-order valence-corrected chi connectivity index (χ4v) is 2.27. The Labute approximate surface area is 152 Å². The highest BCUT2D eigenvalue weighted by atomic mass is 35.5. The minimum Gasteiger partial charge on any atom is -0.422 e. The molecule has 2 rings (SSSR count). The van der Waals surface area contributed by atoms with Crippen LogP contribution in [0.15, 0.2) is 36.4 Å². The molecule has 8 heteroatoms. The molecule has 0 saturated carbocycles. The summed E-state index contributed by atoms with van der Waals surface area (Å²) in [6.07, 6.45) is -0.286. The van der Waals surface area contributed by atoms with E-state index < -0.39 is 23.6 Å². The van der Waals surface area contributed by atoms with E-state index in [4.69, 9.17) is 32.7 Å². The third-order valence-corrected chi connectivity index (χ3v) is 3.63. The van der Waals surface area contributed by atoms with Gasteiger partial charge in [0.15, 0.2) is 23.1 Å². The van der Waals surface area contributed by atoms with Crippen molar-refractivity contribution in [2.45, 2.75) is 19.3 Å². The summed E-state index contributed by atoms with van der Waals surface area (Å²) in [4.78, 5) is 23.4. The maximum absolute atomic E-state index is 13.5. The first kappa shape index (κ1) is 19.1. The topological polar surface area (TPSA) is 52.6 Å². The van der Waals surface area contributed by atoms with Crippen molar-refractivity contribution in [3.05, 3.63) is 58.1 Å². The number of hydrogen-bond donors (Lipinski definition) is 0. The Morgan fingerprint density at radius 2 is 1.20 bits per heavy atom. The Morgan fingerprint density at radius 3 is 1.56 bits per heavy atom. The number of benzene rings is 2. The van der Waals surface area contributed by atoms with Gasteiger partial charge in [0.05, 0.1) is 10.0 Å². The molecule has 0 aliphatic carbocycles. The second-order valence-corrected chi connectivity index (χ2v) is 5.72. The first-order valence-corrected chi connectivity index (χ1v) is 7.93. The Kier molecular flexibility index (Phi) is 6.73. The van der Waals surface area contributed by atoms with Crippen molar-refractivity contribution in [3.8, 4) is 11.5 Å². The van der Waals surface area contributed by atoms with Crippen molar-refractivity contribution >= 4 is 35.1 Å². The largest absolute Gasteiger partial charge is 0.422 e. The molecule has 0 N–H and O–H groups in total. The first-order valence-electron chi connectivity index (χ1n) is 7.18. The lowest BCUT2D eigenvalue weighted by atomic mass is 10.2. The lowest BCUT2D eigenvalue weighted by Crippen LogP contribution is -2.13. The molecular weight excluding hydrogens is 377 g/mol. The van der Waals surface area contributed by atoms with E-state index in [1.165, 1.54) is 24.3 Å². The van der Waals surface area contributed by atoms with Gasteiger partial charge in [-0.2, -0.15) is 0 Å². The number of ether oxygens (including phenoxy) is 2. The number of esters is 2. The van der Waals surface area contributed by atoms with Crippen molar-refractivity contribution in [1.82, 2.24) is 0 Å². The van der Waals surface area contributed by atoms with Crippen LogP contribution in [0.2, 0.25) is 10.0 Å². The summed E-state index contributed by atoms with van der Waals surface area (Å²) in [5, 5.41) is -0.0797. The molecule has 0 radical (unpaired) electrons. The third-order valence-electron chi connectivity index (χ3n) is 3.03. The first-order chi connectivity index (χ1) is 11.9. The molecule has 0 fully saturated rings. The van der Waals surface area contributed by atoms with Gasteiger partial charge in [0, 0.05) is 12.8 Å². The van der Waals surface area contributed by atoms with Gasteiger partial charge in [-0.25, -0.2) is 8.78 Å². The van der Waals surface area contributed by atoms with Gasteiger partial charge in [-0.1, -0.05) is 35.3 Å². The van der Waals surface area contributed by atoms with Gasteiger partial charge in [0.1, 0.15) is 0 Å². The molecule has 0 aromatic heterocycles. The number of halogens is 4. The van der Waals surface area contributed by atoms with E-state index >= 15 is 0 Å². The van der Waals surface area contributed by atoms with E-state index in [9.17, 15) is 18.4 Å². The summed E-state index contributed by atoms with van der Waals surface area (Å²) in [6, 6.07) is 7.71. The van der Waals surface area contributed by atoms with Crippen molar-refractivity contribution < 1.29 is 27.8 Å². The predicted molar refractivity (Wildman–Crippen MR) is 87.9 cm³/mol. The highest BCUT2D eigenvalue weighted by Crippen LogP contribution is 2.28. The zero-order chi connectivity index (χ0) is 18.4. The van der Waals surface area contributed by atoms with Crippen LogP contribution >= 0.6 is 23.2 Å². The molecule has 2 aromatic rings. The van der Waals surface area contributed by atoms with Crippen LogP contribution < -0.4 is 9.47 Å². The van der Waals surface area contributed by atoms with Crippen molar-refractivity contribution in [2.24, 2.45) is 0 Å². The normalized spacial score (nSPS) is 10.4. The minimum absolute atomic E-state index is 0.0399. The second-order valence-electron chi connectivity index (χ2n) is 4.90. The molecule has 0 unspecified atom stereocenters. The molecule has 2 aromatic carbocycles. The summed E-state index contributed by atoms with van der Waals surface area (Å²) >= 11 is 11.5. The molecule has 0 spiro atoms. The van der Waals surface area contributed by atoms with E-state index in [0.29, 0.717) is 0 Å². The van der Waals surface area contributed by atoms with E-state index in [-0.39, 0.29) is 40.8 Å². The maximum Gasteiger partial charge on any atom is 0.311 e. The van der Waals surface area contributed by atoms with Crippen LogP contribution in [0.4, 0.5) is 8.78 Å². The molecule has 0 atom stereocenters. The van der Waals surface area contributed by atoms with E-state index in [1.807, 2.05) is 0 Å². The molecule has 0 saturated heterocycles. The summed E-state index contributed by atoms with van der Waals surface area (Å²) < 4.78 is 36.7. The molecule has 4 nitrogen and oxygen atoms in total. The lowest BCUT2D eigenvalue weighted by Gasteiger charge is -2.08. The van der Waals surface area contributed by atoms with Gasteiger partial charge >= 0.3 is 11.9 Å². The Bertz CT molecular complexity index is 690. The highest BCUT2D eigenvalue weighted by Gasteiger charge is 2.16. The number of rotatable bonds is 6. The summed E-state index contributed by atoms with van der Waals surface area (Å²) in [5.74, 6) is -3.79. The standard InChI is InChI=1S/C17H12Cl2F2O4/c18-10-4-1-6-12(20)16(10)24-14(22)8-3-9-15(23)25-17-11(19)5-2-7-13(17)21/h1-2,4-7H,3,8-9H2. The van der Waals surface area contributed by atoms with Crippen LogP contribution in [-0.4, -0.2) is 11.9 Å². The molecule has 0 aliphatic rings. The van der Waals surface area contributed by atoms with Crippen molar-refractivity contribution in [2.75, 3.05) is 0 Å². The van der Waals surface area contributed by atoms with E-state index in [2.05, 4.69) is 0 Å². The van der Waals surface area contributed by atoms with Gasteiger partial charge in [-0.15, -0.1) is 0 Å². The predicted octanol–water partition coefficient (Wildman–Crippen LogP) is 4.95. The molecule has 0 amide bonds. The van der Waals surface area contributed by atoms with Crippen LogP contribution in [0.25, 0.3) is 0 Å². The number of para-hydroxylation sites is 2. The molecule has 25 heavy (non-hydrogen) atoms. The average molecular weight is 389 g/mol. The Morgan fingerprint density at radius 1 is 0.800 bits per heavy atom. The summed E-state index contributed by atoms with van der Waals surface area (Å²) in [7, 11) is 0. The van der Waals surface area contributed by atoms with Crippen molar-refractivity contribution in [1.29, 1.82) is 0 Å². The second kappa shape index (κ2) is 8.78.